The highest BCUT2D eigenvalue weighted by Gasteiger charge is 2.21. The van der Waals surface area contributed by atoms with E-state index in [9.17, 15) is 5.11 Å². The Balaban J connectivity index is 1.18. The van der Waals surface area contributed by atoms with Gasteiger partial charge in [0.25, 0.3) is 0 Å². The molecule has 1 aliphatic carbocycles. The molecule has 1 aliphatic heterocycles. The lowest BCUT2D eigenvalue weighted by Gasteiger charge is -2.33. The summed E-state index contributed by atoms with van der Waals surface area (Å²) in [7, 11) is 0. The van der Waals surface area contributed by atoms with E-state index in [1.165, 1.54) is 48.8 Å². The standard InChI is InChI=1S/C24H31NO2/c26-23(18-27-24-10-9-21-7-4-8-22(21)16-24)17-25-13-11-20(12-14-25)15-19-5-2-1-3-6-19/h1-3,5-6,9-10,16,20,23,26H,4,7-8,11-15,17-18H2/t23-/m0/s1. The predicted molar refractivity (Wildman–Crippen MR) is 109 cm³/mol. The van der Waals surface area contributed by atoms with Crippen molar-refractivity contribution in [3.05, 3.63) is 65.2 Å². The van der Waals surface area contributed by atoms with E-state index in [0.29, 0.717) is 13.2 Å². The molecule has 2 aliphatic rings. The highest BCUT2D eigenvalue weighted by Crippen LogP contribution is 2.26. The van der Waals surface area contributed by atoms with Crippen molar-refractivity contribution in [2.24, 2.45) is 5.92 Å². The van der Waals surface area contributed by atoms with E-state index in [1.54, 1.807) is 0 Å². The second-order valence-electron chi connectivity index (χ2n) is 8.18. The van der Waals surface area contributed by atoms with Gasteiger partial charge in [0, 0.05) is 6.54 Å². The summed E-state index contributed by atoms with van der Waals surface area (Å²) in [5.41, 5.74) is 4.32. The lowest BCUT2D eigenvalue weighted by Crippen LogP contribution is -2.41. The first-order chi connectivity index (χ1) is 13.3. The van der Waals surface area contributed by atoms with Crippen molar-refractivity contribution < 1.29 is 9.84 Å². The maximum absolute atomic E-state index is 10.4. The summed E-state index contributed by atoms with van der Waals surface area (Å²) in [5.74, 6) is 1.67. The molecule has 0 unspecified atom stereocenters. The number of fused-ring (bicyclic) bond motifs is 1. The van der Waals surface area contributed by atoms with Crippen LogP contribution in [0.25, 0.3) is 0 Å². The SMILES string of the molecule is O[C@H](COc1ccc2c(c1)CCC2)CN1CCC(Cc2ccccc2)CC1. The van der Waals surface area contributed by atoms with Crippen LogP contribution in [0.3, 0.4) is 0 Å². The first-order valence-electron chi connectivity index (χ1n) is 10.5. The highest BCUT2D eigenvalue weighted by atomic mass is 16.5. The molecule has 0 saturated carbocycles. The molecule has 3 nitrogen and oxygen atoms in total. The van der Waals surface area contributed by atoms with Crippen LogP contribution in [0.1, 0.15) is 36.0 Å². The van der Waals surface area contributed by atoms with Gasteiger partial charge in [-0.25, -0.2) is 0 Å². The fourth-order valence-electron chi connectivity index (χ4n) is 4.50. The number of piperidine rings is 1. The number of hydrogen-bond acceptors (Lipinski definition) is 3. The van der Waals surface area contributed by atoms with Gasteiger partial charge in [-0.2, -0.15) is 0 Å². The van der Waals surface area contributed by atoms with E-state index >= 15 is 0 Å². The van der Waals surface area contributed by atoms with E-state index < -0.39 is 6.10 Å². The van der Waals surface area contributed by atoms with Crippen LogP contribution >= 0.6 is 0 Å². The Morgan fingerprint density at radius 1 is 1.00 bits per heavy atom. The zero-order valence-electron chi connectivity index (χ0n) is 16.1. The second kappa shape index (κ2) is 8.90. The minimum absolute atomic E-state index is 0.378. The van der Waals surface area contributed by atoms with E-state index in [0.717, 1.165) is 31.2 Å². The molecular formula is C24H31NO2. The molecule has 4 rings (SSSR count). The van der Waals surface area contributed by atoms with Gasteiger partial charge in [0.1, 0.15) is 18.5 Å². The zero-order chi connectivity index (χ0) is 18.5. The average molecular weight is 366 g/mol. The van der Waals surface area contributed by atoms with E-state index in [2.05, 4.69) is 47.4 Å². The third-order valence-corrected chi connectivity index (χ3v) is 6.06. The third kappa shape index (κ3) is 5.12. The van der Waals surface area contributed by atoms with Crippen molar-refractivity contribution in [3.8, 4) is 5.75 Å². The molecule has 3 heteroatoms. The van der Waals surface area contributed by atoms with E-state index in [-0.39, 0.29) is 0 Å². The molecule has 1 saturated heterocycles. The van der Waals surface area contributed by atoms with Crippen LogP contribution in [0.2, 0.25) is 0 Å². The maximum atomic E-state index is 10.4. The molecular weight excluding hydrogens is 334 g/mol. The Hall–Kier alpha value is -1.84. The number of benzene rings is 2. The monoisotopic (exact) mass is 365 g/mol. The number of ether oxygens (including phenoxy) is 1. The number of rotatable bonds is 7. The van der Waals surface area contributed by atoms with E-state index in [1.807, 2.05) is 6.07 Å². The number of aliphatic hydroxyl groups is 1. The van der Waals surface area contributed by atoms with Crippen LogP contribution in [-0.4, -0.2) is 42.4 Å². The number of likely N-dealkylation sites (tertiary alicyclic amines) is 1. The molecule has 0 spiro atoms. The minimum atomic E-state index is -0.427. The number of nitrogens with zero attached hydrogens (tertiary/aromatic N) is 1. The molecule has 1 fully saturated rings. The molecule has 1 heterocycles. The molecule has 0 aromatic heterocycles. The average Bonchev–Trinajstić information content (AvgIpc) is 3.17. The largest absolute Gasteiger partial charge is 0.491 e. The molecule has 144 valence electrons. The number of hydrogen-bond donors (Lipinski definition) is 1. The Kier molecular flexibility index (Phi) is 6.10. The molecule has 1 N–H and O–H groups in total. The van der Waals surface area contributed by atoms with E-state index in [4.69, 9.17) is 4.74 Å². The minimum Gasteiger partial charge on any atom is -0.491 e. The zero-order valence-corrected chi connectivity index (χ0v) is 16.1. The molecule has 0 radical (unpaired) electrons. The summed E-state index contributed by atoms with van der Waals surface area (Å²) in [4.78, 5) is 2.39. The van der Waals surface area contributed by atoms with Crippen LogP contribution < -0.4 is 4.74 Å². The third-order valence-electron chi connectivity index (χ3n) is 6.06. The summed E-state index contributed by atoms with van der Waals surface area (Å²) >= 11 is 0. The summed E-state index contributed by atoms with van der Waals surface area (Å²) < 4.78 is 5.86. The molecule has 2 aromatic carbocycles. The van der Waals surface area contributed by atoms with Gasteiger partial charge < -0.3 is 14.7 Å². The fraction of sp³-hybridized carbons (Fsp3) is 0.500. The summed E-state index contributed by atoms with van der Waals surface area (Å²) in [6, 6.07) is 17.2. The summed E-state index contributed by atoms with van der Waals surface area (Å²) in [5, 5.41) is 10.4. The first-order valence-corrected chi connectivity index (χ1v) is 10.5. The highest BCUT2D eigenvalue weighted by molar-refractivity contribution is 5.38. The van der Waals surface area contributed by atoms with Gasteiger partial charge in [0.15, 0.2) is 0 Å². The van der Waals surface area contributed by atoms with Crippen LogP contribution in [0.15, 0.2) is 48.5 Å². The summed E-state index contributed by atoms with van der Waals surface area (Å²) in [6.07, 6.45) is 6.79. The normalized spacial score (nSPS) is 19.0. The molecule has 0 amide bonds. The smallest absolute Gasteiger partial charge is 0.119 e. The van der Waals surface area contributed by atoms with Gasteiger partial charge in [0.2, 0.25) is 0 Å². The Labute approximate surface area is 163 Å². The Morgan fingerprint density at radius 2 is 1.78 bits per heavy atom. The number of aliphatic hydroxyl groups excluding tert-OH is 1. The summed E-state index contributed by atoms with van der Waals surface area (Å²) in [6.45, 7) is 3.24. The Morgan fingerprint density at radius 3 is 2.59 bits per heavy atom. The van der Waals surface area contributed by atoms with Crippen molar-refractivity contribution in [1.82, 2.24) is 4.90 Å². The maximum Gasteiger partial charge on any atom is 0.119 e. The van der Waals surface area contributed by atoms with Gasteiger partial charge in [-0.1, -0.05) is 36.4 Å². The van der Waals surface area contributed by atoms with Crippen molar-refractivity contribution >= 4 is 0 Å². The van der Waals surface area contributed by atoms with Gasteiger partial charge in [-0.05, 0) is 86.4 Å². The van der Waals surface area contributed by atoms with Crippen molar-refractivity contribution in [1.29, 1.82) is 0 Å². The molecule has 27 heavy (non-hydrogen) atoms. The number of aryl methyl sites for hydroxylation is 2. The van der Waals surface area contributed by atoms with Crippen molar-refractivity contribution in [2.45, 2.75) is 44.6 Å². The van der Waals surface area contributed by atoms with Gasteiger partial charge in [-0.3, -0.25) is 0 Å². The predicted octanol–water partition coefficient (Wildman–Crippen LogP) is 3.87. The topological polar surface area (TPSA) is 32.7 Å². The molecule has 1 atom stereocenters. The molecule has 0 bridgehead atoms. The van der Waals surface area contributed by atoms with Crippen LogP contribution in [0.5, 0.6) is 5.75 Å². The second-order valence-corrected chi connectivity index (χ2v) is 8.18. The van der Waals surface area contributed by atoms with Crippen LogP contribution in [0.4, 0.5) is 0 Å². The van der Waals surface area contributed by atoms with Crippen LogP contribution in [0, 0.1) is 5.92 Å². The van der Waals surface area contributed by atoms with Gasteiger partial charge in [-0.15, -0.1) is 0 Å². The van der Waals surface area contributed by atoms with Crippen molar-refractivity contribution in [2.75, 3.05) is 26.2 Å². The fourth-order valence-corrected chi connectivity index (χ4v) is 4.50. The van der Waals surface area contributed by atoms with Gasteiger partial charge >= 0.3 is 0 Å². The number of β-amino-alcohol motifs (C(OH)–C–C–N with tert-alkyl or cyclic N) is 1. The van der Waals surface area contributed by atoms with Crippen LogP contribution in [-0.2, 0) is 19.3 Å². The quantitative estimate of drug-likeness (QED) is 0.808. The lowest BCUT2D eigenvalue weighted by atomic mass is 9.90. The van der Waals surface area contributed by atoms with Gasteiger partial charge in [0.05, 0.1) is 0 Å². The first kappa shape index (κ1) is 18.5. The molecule has 2 aromatic rings. The Bertz CT molecular complexity index is 722. The van der Waals surface area contributed by atoms with Crippen molar-refractivity contribution in [3.63, 3.8) is 0 Å². The lowest BCUT2D eigenvalue weighted by molar-refractivity contribution is 0.0550.